The second-order valence-electron chi connectivity index (χ2n) is 2.79. The summed E-state index contributed by atoms with van der Waals surface area (Å²) in [5.41, 5.74) is 1.21. The molecule has 0 N–H and O–H groups in total. The van der Waals surface area contributed by atoms with Gasteiger partial charge >= 0.3 is 0 Å². The largest absolute Gasteiger partial charge is 0.375 e. The Kier molecular flexibility index (Phi) is 3.02. The molecule has 0 aliphatic carbocycles. The first kappa shape index (κ1) is 10.2. The van der Waals surface area contributed by atoms with Gasteiger partial charge in [-0.2, -0.15) is 5.26 Å². The van der Waals surface area contributed by atoms with Crippen LogP contribution in [-0.4, -0.2) is 14.1 Å². The van der Waals surface area contributed by atoms with Crippen LogP contribution in [0.15, 0.2) is 12.1 Å². The van der Waals surface area contributed by atoms with E-state index in [1.165, 1.54) is 0 Å². The van der Waals surface area contributed by atoms with Crippen LogP contribution in [0.2, 0.25) is 10.0 Å². The van der Waals surface area contributed by atoms with Gasteiger partial charge in [0.05, 0.1) is 27.4 Å². The third-order valence-corrected chi connectivity index (χ3v) is 2.17. The van der Waals surface area contributed by atoms with Gasteiger partial charge in [-0.25, -0.2) is 0 Å². The molecule has 68 valence electrons. The first-order chi connectivity index (χ1) is 6.06. The number of hydrogen-bond acceptors (Lipinski definition) is 2. The number of nitrogens with zero attached hydrogens (tertiary/aromatic N) is 2. The van der Waals surface area contributed by atoms with Crippen LogP contribution in [-0.2, 0) is 0 Å². The van der Waals surface area contributed by atoms with E-state index in [4.69, 9.17) is 28.5 Å². The molecule has 0 aliphatic heterocycles. The van der Waals surface area contributed by atoms with Gasteiger partial charge in [0.15, 0.2) is 0 Å². The predicted molar refractivity (Wildman–Crippen MR) is 55.5 cm³/mol. The van der Waals surface area contributed by atoms with Crippen molar-refractivity contribution >= 4 is 28.9 Å². The Bertz CT molecular complexity index is 343. The van der Waals surface area contributed by atoms with Crippen LogP contribution in [0.4, 0.5) is 5.69 Å². The summed E-state index contributed by atoms with van der Waals surface area (Å²) >= 11 is 11.9. The van der Waals surface area contributed by atoms with Crippen LogP contribution in [0.25, 0.3) is 0 Å². The highest BCUT2D eigenvalue weighted by molar-refractivity contribution is 6.39. The molecule has 0 aromatic heterocycles. The molecule has 0 fully saturated rings. The lowest BCUT2D eigenvalue weighted by Gasteiger charge is -2.16. The molecule has 1 aromatic carbocycles. The van der Waals surface area contributed by atoms with Crippen molar-refractivity contribution in [3.05, 3.63) is 27.7 Å². The van der Waals surface area contributed by atoms with Gasteiger partial charge in [-0.15, -0.1) is 0 Å². The summed E-state index contributed by atoms with van der Waals surface area (Å²) in [6, 6.07) is 5.19. The van der Waals surface area contributed by atoms with Crippen LogP contribution in [0.5, 0.6) is 0 Å². The van der Waals surface area contributed by atoms with Crippen molar-refractivity contribution in [3.63, 3.8) is 0 Å². The maximum Gasteiger partial charge on any atom is 0.0992 e. The summed E-state index contributed by atoms with van der Waals surface area (Å²) < 4.78 is 0. The minimum Gasteiger partial charge on any atom is -0.375 e. The molecule has 0 atom stereocenters. The zero-order valence-corrected chi connectivity index (χ0v) is 8.82. The summed E-state index contributed by atoms with van der Waals surface area (Å²) in [6.45, 7) is 0. The van der Waals surface area contributed by atoms with Crippen LogP contribution in [0.3, 0.4) is 0 Å². The van der Waals surface area contributed by atoms with Crippen molar-refractivity contribution in [3.8, 4) is 6.07 Å². The standard InChI is InChI=1S/C9H8Cl2N2/c1-13(2)9-7(10)3-6(5-12)4-8(9)11/h3-4H,1-2H3. The number of rotatable bonds is 1. The van der Waals surface area contributed by atoms with E-state index in [-0.39, 0.29) is 0 Å². The zero-order chi connectivity index (χ0) is 10.0. The summed E-state index contributed by atoms with van der Waals surface area (Å²) in [4.78, 5) is 1.81. The molecular weight excluding hydrogens is 207 g/mol. The van der Waals surface area contributed by atoms with Crippen molar-refractivity contribution in [2.24, 2.45) is 0 Å². The Hall–Kier alpha value is -0.910. The lowest BCUT2D eigenvalue weighted by atomic mass is 10.2. The van der Waals surface area contributed by atoms with E-state index >= 15 is 0 Å². The number of anilines is 1. The van der Waals surface area contributed by atoms with Crippen LogP contribution < -0.4 is 4.90 Å². The Morgan fingerprint density at radius 2 is 1.69 bits per heavy atom. The van der Waals surface area contributed by atoms with Crippen LogP contribution >= 0.6 is 23.2 Å². The van der Waals surface area contributed by atoms with E-state index in [1.54, 1.807) is 12.1 Å². The zero-order valence-electron chi connectivity index (χ0n) is 7.31. The van der Waals surface area contributed by atoms with Gasteiger partial charge < -0.3 is 4.90 Å². The van der Waals surface area contributed by atoms with E-state index in [2.05, 4.69) is 0 Å². The van der Waals surface area contributed by atoms with Gasteiger partial charge in [0.1, 0.15) is 0 Å². The maximum atomic E-state index is 8.64. The van der Waals surface area contributed by atoms with Crippen molar-refractivity contribution in [2.75, 3.05) is 19.0 Å². The fourth-order valence-corrected chi connectivity index (χ4v) is 1.88. The first-order valence-corrected chi connectivity index (χ1v) is 4.38. The van der Waals surface area contributed by atoms with E-state index < -0.39 is 0 Å². The van der Waals surface area contributed by atoms with Gasteiger partial charge in [-0.3, -0.25) is 0 Å². The Morgan fingerprint density at radius 1 is 1.23 bits per heavy atom. The van der Waals surface area contributed by atoms with Crippen molar-refractivity contribution < 1.29 is 0 Å². The van der Waals surface area contributed by atoms with Gasteiger partial charge in [-0.05, 0) is 12.1 Å². The normalized spacial score (nSPS) is 9.46. The van der Waals surface area contributed by atoms with E-state index in [1.807, 2.05) is 25.1 Å². The average molecular weight is 215 g/mol. The highest BCUT2D eigenvalue weighted by Crippen LogP contribution is 2.33. The monoisotopic (exact) mass is 214 g/mol. The molecule has 0 amide bonds. The molecule has 0 saturated heterocycles. The van der Waals surface area contributed by atoms with Crippen LogP contribution in [0, 0.1) is 11.3 Å². The van der Waals surface area contributed by atoms with Crippen molar-refractivity contribution in [1.29, 1.82) is 5.26 Å². The van der Waals surface area contributed by atoms with E-state index in [9.17, 15) is 0 Å². The first-order valence-electron chi connectivity index (χ1n) is 3.62. The van der Waals surface area contributed by atoms with Crippen LogP contribution in [0.1, 0.15) is 5.56 Å². The maximum absolute atomic E-state index is 8.64. The smallest absolute Gasteiger partial charge is 0.0992 e. The molecule has 4 heteroatoms. The molecule has 0 aliphatic rings. The predicted octanol–water partition coefficient (Wildman–Crippen LogP) is 2.93. The topological polar surface area (TPSA) is 27.0 Å². The molecule has 0 unspecified atom stereocenters. The summed E-state index contributed by atoms with van der Waals surface area (Å²) in [5, 5.41) is 9.62. The van der Waals surface area contributed by atoms with E-state index in [0.717, 1.165) is 5.69 Å². The highest BCUT2D eigenvalue weighted by atomic mass is 35.5. The minimum atomic E-state index is 0.473. The summed E-state index contributed by atoms with van der Waals surface area (Å²) in [6.07, 6.45) is 0. The minimum absolute atomic E-state index is 0.473. The fraction of sp³-hybridized carbons (Fsp3) is 0.222. The van der Waals surface area contributed by atoms with E-state index in [0.29, 0.717) is 15.6 Å². The SMILES string of the molecule is CN(C)c1c(Cl)cc(C#N)cc1Cl. The van der Waals surface area contributed by atoms with Crippen molar-refractivity contribution in [1.82, 2.24) is 0 Å². The van der Waals surface area contributed by atoms with Gasteiger partial charge in [0, 0.05) is 14.1 Å². The second kappa shape index (κ2) is 3.87. The molecule has 0 saturated carbocycles. The molecule has 0 bridgehead atoms. The molecule has 1 aromatic rings. The second-order valence-corrected chi connectivity index (χ2v) is 3.61. The molecule has 2 nitrogen and oxygen atoms in total. The average Bonchev–Trinajstić information content (AvgIpc) is 2.02. The number of hydrogen-bond donors (Lipinski definition) is 0. The van der Waals surface area contributed by atoms with Gasteiger partial charge in [-0.1, -0.05) is 23.2 Å². The highest BCUT2D eigenvalue weighted by Gasteiger charge is 2.09. The number of benzene rings is 1. The molecule has 0 heterocycles. The third-order valence-electron chi connectivity index (χ3n) is 1.59. The molecule has 0 radical (unpaired) electrons. The molecular formula is C9H8Cl2N2. The fourth-order valence-electron chi connectivity index (χ4n) is 1.06. The lowest BCUT2D eigenvalue weighted by molar-refractivity contribution is 1.13. The Morgan fingerprint density at radius 3 is 2.00 bits per heavy atom. The summed E-state index contributed by atoms with van der Waals surface area (Å²) in [7, 11) is 3.69. The Balaban J connectivity index is 3.33. The Labute approximate surface area is 87.3 Å². The van der Waals surface area contributed by atoms with Gasteiger partial charge in [0.2, 0.25) is 0 Å². The van der Waals surface area contributed by atoms with Gasteiger partial charge in [0.25, 0.3) is 0 Å². The lowest BCUT2D eigenvalue weighted by Crippen LogP contribution is -2.09. The molecule has 13 heavy (non-hydrogen) atoms. The number of halogens is 2. The quantitative estimate of drug-likeness (QED) is 0.720. The molecule has 1 rings (SSSR count). The summed E-state index contributed by atoms with van der Waals surface area (Å²) in [5.74, 6) is 0. The van der Waals surface area contributed by atoms with Crippen molar-refractivity contribution in [2.45, 2.75) is 0 Å². The number of nitriles is 1. The third kappa shape index (κ3) is 2.06. The molecule has 0 spiro atoms.